The van der Waals surface area contributed by atoms with Gasteiger partial charge in [-0.25, -0.2) is 0 Å². The molecule has 0 saturated carbocycles. The van der Waals surface area contributed by atoms with Crippen LogP contribution >= 0.6 is 0 Å². The number of pyridine rings is 1. The Hall–Kier alpha value is -2.80. The van der Waals surface area contributed by atoms with Crippen LogP contribution in [-0.2, 0) is 6.54 Å². The molecule has 0 aliphatic rings. The molecular formula is C18H18N2O2. The monoisotopic (exact) mass is 294 g/mol. The topological polar surface area (TPSA) is 43.7 Å². The van der Waals surface area contributed by atoms with E-state index < -0.39 is 0 Å². The van der Waals surface area contributed by atoms with Crippen LogP contribution in [0.5, 0.6) is 11.5 Å². The first-order chi connectivity index (χ1) is 10.7. The van der Waals surface area contributed by atoms with E-state index >= 15 is 0 Å². The summed E-state index contributed by atoms with van der Waals surface area (Å²) < 4.78 is 10.7. The Balaban J connectivity index is 2.23. The highest BCUT2D eigenvalue weighted by Gasteiger charge is 2.08. The quantitative estimate of drug-likeness (QED) is 0.629. The number of terminal acetylenes is 1. The molecule has 4 nitrogen and oxygen atoms in total. The van der Waals surface area contributed by atoms with Gasteiger partial charge in [-0.05, 0) is 31.2 Å². The maximum absolute atomic E-state index is 5.43. The van der Waals surface area contributed by atoms with Gasteiger partial charge in [-0.2, -0.15) is 0 Å². The Morgan fingerprint density at radius 1 is 1.23 bits per heavy atom. The minimum absolute atomic E-state index is 0.439. The van der Waals surface area contributed by atoms with Gasteiger partial charge in [-0.3, -0.25) is 9.98 Å². The molecule has 0 radical (unpaired) electrons. The summed E-state index contributed by atoms with van der Waals surface area (Å²) in [5, 5.41) is 0. The van der Waals surface area contributed by atoms with Gasteiger partial charge in [0.05, 0.1) is 32.0 Å². The Morgan fingerprint density at radius 3 is 2.50 bits per heavy atom. The first-order valence-electron chi connectivity index (χ1n) is 6.83. The van der Waals surface area contributed by atoms with E-state index in [0.29, 0.717) is 6.54 Å². The number of nitrogens with zero attached hydrogens (tertiary/aromatic N) is 2. The maximum atomic E-state index is 5.43. The van der Waals surface area contributed by atoms with Gasteiger partial charge in [0, 0.05) is 17.5 Å². The maximum Gasteiger partial charge on any atom is 0.127 e. The average Bonchev–Trinajstić information content (AvgIpc) is 2.54. The smallest absolute Gasteiger partial charge is 0.127 e. The van der Waals surface area contributed by atoms with E-state index in [-0.39, 0.29) is 0 Å². The van der Waals surface area contributed by atoms with Gasteiger partial charge in [0.2, 0.25) is 0 Å². The lowest BCUT2D eigenvalue weighted by atomic mass is 10.1. The van der Waals surface area contributed by atoms with Crippen molar-refractivity contribution in [1.29, 1.82) is 0 Å². The molecule has 1 aromatic carbocycles. The lowest BCUT2D eigenvalue weighted by Gasteiger charge is -2.10. The van der Waals surface area contributed by atoms with Crippen molar-refractivity contribution in [3.8, 4) is 23.8 Å². The van der Waals surface area contributed by atoms with Crippen molar-refractivity contribution < 1.29 is 9.47 Å². The van der Waals surface area contributed by atoms with Crippen LogP contribution in [0.25, 0.3) is 0 Å². The number of hydrogen-bond donors (Lipinski definition) is 0. The van der Waals surface area contributed by atoms with Crippen LogP contribution in [0, 0.1) is 19.3 Å². The van der Waals surface area contributed by atoms with Gasteiger partial charge in [-0.15, -0.1) is 6.42 Å². The van der Waals surface area contributed by atoms with Crippen LogP contribution in [0.1, 0.15) is 22.5 Å². The minimum atomic E-state index is 0.439. The summed E-state index contributed by atoms with van der Waals surface area (Å²) in [6.07, 6.45) is 7.14. The van der Waals surface area contributed by atoms with Crippen molar-refractivity contribution in [2.24, 2.45) is 4.99 Å². The molecule has 0 bridgehead atoms. The second kappa shape index (κ2) is 7.28. The molecule has 0 aliphatic heterocycles. The summed E-state index contributed by atoms with van der Waals surface area (Å²) in [7, 11) is 3.26. The molecule has 0 N–H and O–H groups in total. The predicted molar refractivity (Wildman–Crippen MR) is 87.8 cm³/mol. The summed E-state index contributed by atoms with van der Waals surface area (Å²) in [5.74, 6) is 4.11. The zero-order valence-electron chi connectivity index (χ0n) is 13.0. The fourth-order valence-electron chi connectivity index (χ4n) is 2.16. The molecule has 112 valence electrons. The van der Waals surface area contributed by atoms with Crippen LogP contribution in [0.2, 0.25) is 0 Å². The molecule has 0 spiro atoms. The number of methoxy groups -OCH3 is 2. The van der Waals surface area contributed by atoms with Gasteiger partial charge >= 0.3 is 0 Å². The lowest BCUT2D eigenvalue weighted by Crippen LogP contribution is -1.97. The molecule has 0 atom stereocenters. The zero-order valence-corrected chi connectivity index (χ0v) is 13.0. The van der Waals surface area contributed by atoms with Crippen molar-refractivity contribution in [3.05, 3.63) is 52.8 Å². The van der Waals surface area contributed by atoms with E-state index in [9.17, 15) is 0 Å². The third-order valence-corrected chi connectivity index (χ3v) is 3.14. The molecule has 1 heterocycles. The molecule has 0 saturated heterocycles. The second-order valence-electron chi connectivity index (χ2n) is 4.68. The molecule has 0 fully saturated rings. The van der Waals surface area contributed by atoms with Crippen molar-refractivity contribution in [3.63, 3.8) is 0 Å². The van der Waals surface area contributed by atoms with Gasteiger partial charge in [-0.1, -0.05) is 12.0 Å². The highest BCUT2D eigenvalue weighted by Crippen LogP contribution is 2.28. The van der Waals surface area contributed by atoms with Crippen LogP contribution in [0.15, 0.2) is 35.3 Å². The van der Waals surface area contributed by atoms with Crippen molar-refractivity contribution in [2.45, 2.75) is 13.5 Å². The zero-order chi connectivity index (χ0) is 15.9. The van der Waals surface area contributed by atoms with E-state index in [0.717, 1.165) is 34.0 Å². The van der Waals surface area contributed by atoms with Crippen molar-refractivity contribution in [2.75, 3.05) is 14.2 Å². The summed E-state index contributed by atoms with van der Waals surface area (Å²) in [5.41, 5.74) is 3.30. The molecule has 0 aliphatic carbocycles. The average molecular weight is 294 g/mol. The number of aliphatic imine (C=N–C) groups is 1. The van der Waals surface area contributed by atoms with Crippen LogP contribution < -0.4 is 9.47 Å². The number of rotatable bonds is 5. The number of ether oxygens (including phenoxy) is 2. The Kier molecular flexibility index (Phi) is 5.16. The molecule has 1 aromatic heterocycles. The molecule has 2 rings (SSSR count). The summed E-state index contributed by atoms with van der Waals surface area (Å²) >= 11 is 0. The standard InChI is InChI=1S/C18H18N2O2/c1-5-14-9-13(2)20-15(10-14)11-19-12-16-17(21-3)7-6-8-18(16)22-4/h1,6-11H,12H2,2-4H3. The highest BCUT2D eigenvalue weighted by molar-refractivity contribution is 5.77. The Bertz CT molecular complexity index is 708. The first kappa shape index (κ1) is 15.6. The normalized spacial score (nSPS) is 10.5. The fourth-order valence-corrected chi connectivity index (χ4v) is 2.16. The van der Waals surface area contributed by atoms with E-state index in [1.165, 1.54) is 0 Å². The van der Waals surface area contributed by atoms with E-state index in [2.05, 4.69) is 15.9 Å². The summed E-state index contributed by atoms with van der Waals surface area (Å²) in [6.45, 7) is 2.34. The van der Waals surface area contributed by atoms with Crippen molar-refractivity contribution in [1.82, 2.24) is 4.98 Å². The fraction of sp³-hybridized carbons (Fsp3) is 0.222. The van der Waals surface area contributed by atoms with Gasteiger partial charge in [0.15, 0.2) is 0 Å². The Morgan fingerprint density at radius 2 is 1.91 bits per heavy atom. The van der Waals surface area contributed by atoms with Crippen LogP contribution in [0.3, 0.4) is 0 Å². The third kappa shape index (κ3) is 3.64. The Labute approximate surface area is 130 Å². The summed E-state index contributed by atoms with van der Waals surface area (Å²) in [4.78, 5) is 8.82. The first-order valence-corrected chi connectivity index (χ1v) is 6.83. The van der Waals surface area contributed by atoms with Crippen LogP contribution in [-0.4, -0.2) is 25.4 Å². The molecule has 0 unspecified atom stereocenters. The minimum Gasteiger partial charge on any atom is -0.496 e. The molecule has 0 amide bonds. The van der Waals surface area contributed by atoms with Gasteiger partial charge in [0.1, 0.15) is 11.5 Å². The van der Waals surface area contributed by atoms with Gasteiger partial charge in [0.25, 0.3) is 0 Å². The van der Waals surface area contributed by atoms with Crippen LogP contribution in [0.4, 0.5) is 0 Å². The number of hydrogen-bond acceptors (Lipinski definition) is 4. The second-order valence-corrected chi connectivity index (χ2v) is 4.68. The van der Waals surface area contributed by atoms with E-state index in [1.54, 1.807) is 20.4 Å². The number of aromatic nitrogens is 1. The SMILES string of the molecule is C#Cc1cc(C)nc(C=NCc2c(OC)cccc2OC)c1. The number of aryl methyl sites for hydroxylation is 1. The largest absolute Gasteiger partial charge is 0.496 e. The van der Waals surface area contributed by atoms with Gasteiger partial charge < -0.3 is 9.47 Å². The molecule has 4 heteroatoms. The number of benzene rings is 1. The molecule has 22 heavy (non-hydrogen) atoms. The van der Waals surface area contributed by atoms with E-state index in [1.807, 2.05) is 37.3 Å². The van der Waals surface area contributed by atoms with Crippen molar-refractivity contribution >= 4 is 6.21 Å². The predicted octanol–water partition coefficient (Wildman–Crippen LogP) is 3.01. The third-order valence-electron chi connectivity index (χ3n) is 3.14. The highest BCUT2D eigenvalue weighted by atomic mass is 16.5. The summed E-state index contributed by atoms with van der Waals surface area (Å²) in [6, 6.07) is 9.34. The molecule has 2 aromatic rings. The lowest BCUT2D eigenvalue weighted by molar-refractivity contribution is 0.386. The molecular weight excluding hydrogens is 276 g/mol. The van der Waals surface area contributed by atoms with E-state index in [4.69, 9.17) is 15.9 Å².